The molecule has 0 saturated carbocycles. The second-order valence-electron chi connectivity index (χ2n) is 5.40. The van der Waals surface area contributed by atoms with Gasteiger partial charge in [0.2, 0.25) is 5.95 Å². The van der Waals surface area contributed by atoms with Gasteiger partial charge in [0.25, 0.3) is 0 Å². The topological polar surface area (TPSA) is 64.7 Å². The van der Waals surface area contributed by atoms with E-state index in [1.165, 1.54) is 17.8 Å². The molecule has 0 atom stereocenters. The molecule has 0 bridgehead atoms. The number of nitrogens with zero attached hydrogens (tertiary/aromatic N) is 3. The highest BCUT2D eigenvalue weighted by atomic mass is 32.2. The number of hydrogen-bond acceptors (Lipinski definition) is 5. The van der Waals surface area contributed by atoms with Gasteiger partial charge >= 0.3 is 0 Å². The van der Waals surface area contributed by atoms with Crippen LogP contribution in [0.25, 0.3) is 0 Å². The van der Waals surface area contributed by atoms with Gasteiger partial charge in [0, 0.05) is 10.3 Å². The van der Waals surface area contributed by atoms with E-state index in [9.17, 15) is 4.39 Å². The lowest BCUT2D eigenvalue weighted by Gasteiger charge is -2.17. The molecule has 6 heteroatoms. The summed E-state index contributed by atoms with van der Waals surface area (Å²) in [7, 11) is 0. The van der Waals surface area contributed by atoms with Crippen molar-refractivity contribution in [1.82, 2.24) is 15.0 Å². The number of nitrogens with two attached hydrogens (primary N) is 1. The Kier molecular flexibility index (Phi) is 4.23. The molecule has 0 aliphatic carbocycles. The standard InChI is InChI=1S/C14H17FN4S/c1-14(2,3)12-17-11(18-13(16)19-12)8-20-10-7-5-4-6-9(10)15/h4-7H,8H2,1-3H3,(H2,16,17,18,19). The van der Waals surface area contributed by atoms with Gasteiger partial charge in [0.15, 0.2) is 0 Å². The van der Waals surface area contributed by atoms with E-state index >= 15 is 0 Å². The fourth-order valence-corrected chi connectivity index (χ4v) is 2.34. The Morgan fingerprint density at radius 2 is 1.85 bits per heavy atom. The number of hydrogen-bond donors (Lipinski definition) is 1. The van der Waals surface area contributed by atoms with E-state index in [1.54, 1.807) is 18.2 Å². The minimum atomic E-state index is -0.240. The zero-order valence-corrected chi connectivity index (χ0v) is 12.5. The summed E-state index contributed by atoms with van der Waals surface area (Å²) in [6.07, 6.45) is 0. The van der Waals surface area contributed by atoms with Gasteiger partial charge in [-0.15, -0.1) is 11.8 Å². The van der Waals surface area contributed by atoms with Crippen molar-refractivity contribution in [3.8, 4) is 0 Å². The second kappa shape index (κ2) is 5.75. The third kappa shape index (κ3) is 3.66. The molecule has 2 N–H and O–H groups in total. The van der Waals surface area contributed by atoms with Gasteiger partial charge in [0.05, 0.1) is 5.75 Å². The lowest BCUT2D eigenvalue weighted by Crippen LogP contribution is -2.19. The van der Waals surface area contributed by atoms with Gasteiger partial charge in [-0.2, -0.15) is 9.97 Å². The summed E-state index contributed by atoms with van der Waals surface area (Å²) in [4.78, 5) is 13.2. The lowest BCUT2D eigenvalue weighted by molar-refractivity contribution is 0.539. The third-order valence-electron chi connectivity index (χ3n) is 2.56. The molecule has 20 heavy (non-hydrogen) atoms. The predicted octanol–water partition coefficient (Wildman–Crippen LogP) is 3.18. The van der Waals surface area contributed by atoms with Crippen LogP contribution in [0.4, 0.5) is 10.3 Å². The molecule has 0 aliphatic heterocycles. The Morgan fingerprint density at radius 3 is 2.50 bits per heavy atom. The van der Waals surface area contributed by atoms with Gasteiger partial charge in [0.1, 0.15) is 17.5 Å². The number of halogens is 1. The van der Waals surface area contributed by atoms with Crippen molar-refractivity contribution in [3.05, 3.63) is 41.7 Å². The van der Waals surface area contributed by atoms with Crippen LogP contribution < -0.4 is 5.73 Å². The zero-order chi connectivity index (χ0) is 14.8. The summed E-state index contributed by atoms with van der Waals surface area (Å²) in [6, 6.07) is 6.63. The minimum absolute atomic E-state index is 0.200. The van der Waals surface area contributed by atoms with E-state index in [-0.39, 0.29) is 17.2 Å². The summed E-state index contributed by atoms with van der Waals surface area (Å²) in [5.74, 6) is 1.63. The van der Waals surface area contributed by atoms with Crippen LogP contribution in [0.5, 0.6) is 0 Å². The first-order valence-electron chi connectivity index (χ1n) is 6.24. The van der Waals surface area contributed by atoms with Crippen LogP contribution in [0.1, 0.15) is 32.4 Å². The quantitative estimate of drug-likeness (QED) is 0.880. The molecule has 106 valence electrons. The number of anilines is 1. The van der Waals surface area contributed by atoms with Crippen LogP contribution in [0.2, 0.25) is 0 Å². The molecule has 0 radical (unpaired) electrons. The first-order chi connectivity index (χ1) is 9.36. The highest BCUT2D eigenvalue weighted by Crippen LogP contribution is 2.25. The highest BCUT2D eigenvalue weighted by Gasteiger charge is 2.19. The van der Waals surface area contributed by atoms with Crippen LogP contribution in [0.15, 0.2) is 29.2 Å². The Labute approximate surface area is 122 Å². The number of benzene rings is 1. The Bertz CT molecular complexity index is 610. The molecule has 0 spiro atoms. The molecule has 1 aromatic carbocycles. The molecule has 0 amide bonds. The smallest absolute Gasteiger partial charge is 0.223 e. The molecule has 1 heterocycles. The average Bonchev–Trinajstić information content (AvgIpc) is 2.36. The van der Waals surface area contributed by atoms with Crippen LogP contribution in [-0.4, -0.2) is 15.0 Å². The summed E-state index contributed by atoms with van der Waals surface area (Å²) in [5, 5.41) is 0. The number of rotatable bonds is 3. The number of nitrogen functional groups attached to an aromatic ring is 1. The molecule has 2 rings (SSSR count). The Balaban J connectivity index is 2.18. The molecule has 0 aliphatic rings. The fraction of sp³-hybridized carbons (Fsp3) is 0.357. The lowest BCUT2D eigenvalue weighted by atomic mass is 9.96. The maximum absolute atomic E-state index is 13.5. The van der Waals surface area contributed by atoms with Crippen molar-refractivity contribution >= 4 is 17.7 Å². The second-order valence-corrected chi connectivity index (χ2v) is 6.42. The molecule has 2 aromatic rings. The van der Waals surface area contributed by atoms with Crippen molar-refractivity contribution < 1.29 is 4.39 Å². The Hall–Kier alpha value is -1.69. The predicted molar refractivity (Wildman–Crippen MR) is 78.9 cm³/mol. The molecular formula is C14H17FN4S. The summed E-state index contributed by atoms with van der Waals surface area (Å²) < 4.78 is 13.5. The molecule has 0 unspecified atom stereocenters. The van der Waals surface area contributed by atoms with Crippen molar-refractivity contribution in [2.75, 3.05) is 5.73 Å². The summed E-state index contributed by atoms with van der Waals surface area (Å²) in [6.45, 7) is 6.03. The van der Waals surface area contributed by atoms with E-state index in [4.69, 9.17) is 5.73 Å². The van der Waals surface area contributed by atoms with Crippen molar-refractivity contribution in [1.29, 1.82) is 0 Å². The van der Waals surface area contributed by atoms with E-state index in [0.29, 0.717) is 22.3 Å². The normalized spacial score (nSPS) is 11.6. The van der Waals surface area contributed by atoms with E-state index in [0.717, 1.165) is 0 Å². The Morgan fingerprint density at radius 1 is 1.15 bits per heavy atom. The van der Waals surface area contributed by atoms with E-state index in [2.05, 4.69) is 15.0 Å². The van der Waals surface area contributed by atoms with Gasteiger partial charge in [-0.3, -0.25) is 0 Å². The van der Waals surface area contributed by atoms with Crippen LogP contribution in [-0.2, 0) is 11.2 Å². The maximum atomic E-state index is 13.5. The fourth-order valence-electron chi connectivity index (χ4n) is 1.54. The monoisotopic (exact) mass is 292 g/mol. The molecule has 0 saturated heterocycles. The van der Waals surface area contributed by atoms with Crippen LogP contribution >= 0.6 is 11.8 Å². The highest BCUT2D eigenvalue weighted by molar-refractivity contribution is 7.98. The van der Waals surface area contributed by atoms with E-state index < -0.39 is 0 Å². The van der Waals surface area contributed by atoms with Crippen LogP contribution in [0, 0.1) is 5.82 Å². The number of aromatic nitrogens is 3. The average molecular weight is 292 g/mol. The van der Waals surface area contributed by atoms with Crippen molar-refractivity contribution in [3.63, 3.8) is 0 Å². The van der Waals surface area contributed by atoms with Crippen molar-refractivity contribution in [2.45, 2.75) is 36.8 Å². The zero-order valence-electron chi connectivity index (χ0n) is 11.7. The minimum Gasteiger partial charge on any atom is -0.368 e. The SMILES string of the molecule is CC(C)(C)c1nc(N)nc(CSc2ccccc2F)n1. The first kappa shape index (κ1) is 14.7. The summed E-state index contributed by atoms with van der Waals surface area (Å²) in [5.41, 5.74) is 5.51. The molecule has 4 nitrogen and oxygen atoms in total. The summed E-state index contributed by atoms with van der Waals surface area (Å²) >= 11 is 1.34. The third-order valence-corrected chi connectivity index (χ3v) is 3.61. The molecule has 1 aromatic heterocycles. The van der Waals surface area contributed by atoms with Gasteiger partial charge < -0.3 is 5.73 Å². The molecular weight excluding hydrogens is 275 g/mol. The molecule has 0 fully saturated rings. The van der Waals surface area contributed by atoms with Crippen molar-refractivity contribution in [2.24, 2.45) is 0 Å². The van der Waals surface area contributed by atoms with Gasteiger partial charge in [-0.1, -0.05) is 32.9 Å². The maximum Gasteiger partial charge on any atom is 0.223 e. The van der Waals surface area contributed by atoms with Crippen LogP contribution in [0.3, 0.4) is 0 Å². The first-order valence-corrected chi connectivity index (χ1v) is 7.23. The number of thioether (sulfide) groups is 1. The van der Waals surface area contributed by atoms with E-state index in [1.807, 2.05) is 20.8 Å². The van der Waals surface area contributed by atoms with Gasteiger partial charge in [-0.25, -0.2) is 9.37 Å². The van der Waals surface area contributed by atoms with Gasteiger partial charge in [-0.05, 0) is 12.1 Å². The largest absolute Gasteiger partial charge is 0.368 e.